The number of carbonyl (C=O) groups is 1. The lowest BCUT2D eigenvalue weighted by atomic mass is 10.1. The van der Waals surface area contributed by atoms with E-state index in [-0.39, 0.29) is 5.97 Å². The molecule has 0 saturated carbocycles. The number of fused-ring (bicyclic) bond motifs is 1. The molecule has 0 spiro atoms. The maximum Gasteiger partial charge on any atom is 0.338 e. The van der Waals surface area contributed by atoms with Crippen LogP contribution in [-0.2, 0) is 11.3 Å². The van der Waals surface area contributed by atoms with E-state index in [0.717, 1.165) is 42.7 Å². The predicted octanol–water partition coefficient (Wildman–Crippen LogP) is 2.98. The van der Waals surface area contributed by atoms with Crippen LogP contribution in [0.3, 0.4) is 0 Å². The van der Waals surface area contributed by atoms with Crippen LogP contribution in [0, 0.1) is 0 Å². The zero-order valence-electron chi connectivity index (χ0n) is 10.5. The van der Waals surface area contributed by atoms with Crippen molar-refractivity contribution in [2.45, 2.75) is 33.3 Å². The molecule has 1 aliphatic rings. The number of carbonyl (C=O) groups excluding carboxylic acids is 1. The van der Waals surface area contributed by atoms with Gasteiger partial charge in [-0.1, -0.05) is 19.9 Å². The number of hydrogen-bond acceptors (Lipinski definition) is 3. The number of ether oxygens (including phenoxy) is 1. The van der Waals surface area contributed by atoms with E-state index in [2.05, 4.69) is 24.8 Å². The second kappa shape index (κ2) is 5.21. The smallest absolute Gasteiger partial charge is 0.338 e. The molecule has 1 aromatic rings. The first-order valence-corrected chi connectivity index (χ1v) is 6.31. The van der Waals surface area contributed by atoms with Crippen LogP contribution in [0.1, 0.15) is 42.6 Å². The Morgan fingerprint density at radius 1 is 1.24 bits per heavy atom. The van der Waals surface area contributed by atoms with E-state index >= 15 is 0 Å². The third kappa shape index (κ3) is 2.43. The largest absolute Gasteiger partial charge is 0.457 e. The Bertz CT molecular complexity index is 409. The van der Waals surface area contributed by atoms with Crippen molar-refractivity contribution in [3.63, 3.8) is 0 Å². The average molecular weight is 233 g/mol. The number of nitrogens with zero attached hydrogens (tertiary/aromatic N) is 1. The fraction of sp³-hybridized carbons (Fsp3) is 0.500. The molecule has 0 N–H and O–H groups in total. The van der Waals surface area contributed by atoms with Gasteiger partial charge in [0.1, 0.15) is 6.61 Å². The van der Waals surface area contributed by atoms with Gasteiger partial charge in [-0.2, -0.15) is 0 Å². The van der Waals surface area contributed by atoms with Crippen molar-refractivity contribution in [2.24, 2.45) is 0 Å². The minimum absolute atomic E-state index is 0.185. The minimum Gasteiger partial charge on any atom is -0.457 e. The Kier molecular flexibility index (Phi) is 3.67. The summed E-state index contributed by atoms with van der Waals surface area (Å²) in [5, 5.41) is 0. The van der Waals surface area contributed by atoms with Crippen LogP contribution in [-0.4, -0.2) is 19.1 Å². The van der Waals surface area contributed by atoms with Crippen molar-refractivity contribution < 1.29 is 9.53 Å². The molecule has 0 saturated heterocycles. The van der Waals surface area contributed by atoms with Crippen molar-refractivity contribution in [1.29, 1.82) is 0 Å². The van der Waals surface area contributed by atoms with Gasteiger partial charge in [-0.25, -0.2) is 4.79 Å². The summed E-state index contributed by atoms with van der Waals surface area (Å²) in [4.78, 5) is 13.8. The van der Waals surface area contributed by atoms with E-state index < -0.39 is 0 Å². The van der Waals surface area contributed by atoms with Crippen molar-refractivity contribution in [3.05, 3.63) is 29.3 Å². The standard InChI is InChI=1S/C14H19NO2/c1-3-7-15(8-4-2)12-6-5-11-10-17-14(16)13(11)9-12/h5-6,9H,3-4,7-8,10H2,1-2H3. The van der Waals surface area contributed by atoms with Gasteiger partial charge in [-0.15, -0.1) is 0 Å². The van der Waals surface area contributed by atoms with Crippen LogP contribution >= 0.6 is 0 Å². The zero-order chi connectivity index (χ0) is 12.3. The Labute approximate surface area is 102 Å². The molecule has 0 unspecified atom stereocenters. The lowest BCUT2D eigenvalue weighted by Crippen LogP contribution is -2.25. The van der Waals surface area contributed by atoms with Crippen LogP contribution in [0.5, 0.6) is 0 Å². The molecule has 0 aliphatic carbocycles. The molecular formula is C14H19NO2. The van der Waals surface area contributed by atoms with Gasteiger partial charge >= 0.3 is 5.97 Å². The van der Waals surface area contributed by atoms with E-state index in [1.165, 1.54) is 0 Å². The maximum atomic E-state index is 11.5. The topological polar surface area (TPSA) is 29.5 Å². The molecule has 0 amide bonds. The lowest BCUT2D eigenvalue weighted by Gasteiger charge is -2.24. The van der Waals surface area contributed by atoms with E-state index in [1.807, 2.05) is 12.1 Å². The van der Waals surface area contributed by atoms with Gasteiger partial charge in [0.15, 0.2) is 0 Å². The van der Waals surface area contributed by atoms with Crippen molar-refractivity contribution >= 4 is 11.7 Å². The van der Waals surface area contributed by atoms with Crippen LogP contribution in [0.2, 0.25) is 0 Å². The van der Waals surface area contributed by atoms with E-state index in [9.17, 15) is 4.79 Å². The highest BCUT2D eigenvalue weighted by Gasteiger charge is 2.21. The molecule has 1 aromatic carbocycles. The van der Waals surface area contributed by atoms with E-state index in [4.69, 9.17) is 4.74 Å². The maximum absolute atomic E-state index is 11.5. The van der Waals surface area contributed by atoms with Crippen molar-refractivity contribution in [2.75, 3.05) is 18.0 Å². The summed E-state index contributed by atoms with van der Waals surface area (Å²) in [7, 11) is 0. The summed E-state index contributed by atoms with van der Waals surface area (Å²) in [5.41, 5.74) is 2.87. The molecule has 0 bridgehead atoms. The van der Waals surface area contributed by atoms with E-state index in [0.29, 0.717) is 6.61 Å². The molecule has 1 aliphatic heterocycles. The van der Waals surface area contributed by atoms with Gasteiger partial charge in [-0.05, 0) is 25.0 Å². The molecule has 0 radical (unpaired) electrons. The molecule has 3 heteroatoms. The fourth-order valence-corrected chi connectivity index (χ4v) is 2.21. The second-order valence-electron chi connectivity index (χ2n) is 4.40. The molecule has 0 fully saturated rings. The normalized spacial score (nSPS) is 13.4. The first-order chi connectivity index (χ1) is 8.26. The molecular weight excluding hydrogens is 214 g/mol. The van der Waals surface area contributed by atoms with Gasteiger partial charge in [0.05, 0.1) is 5.56 Å². The number of benzene rings is 1. The van der Waals surface area contributed by atoms with Crippen molar-refractivity contribution in [1.82, 2.24) is 0 Å². The first kappa shape index (κ1) is 12.0. The van der Waals surface area contributed by atoms with Crippen LogP contribution < -0.4 is 4.90 Å². The highest BCUT2D eigenvalue weighted by molar-refractivity contribution is 5.94. The van der Waals surface area contributed by atoms with Gasteiger partial charge in [0.25, 0.3) is 0 Å². The SMILES string of the molecule is CCCN(CCC)c1ccc2c(c1)C(=O)OC2. The summed E-state index contributed by atoms with van der Waals surface area (Å²) in [5.74, 6) is -0.185. The number of esters is 1. The predicted molar refractivity (Wildman–Crippen MR) is 68.4 cm³/mol. The molecule has 3 nitrogen and oxygen atoms in total. The number of hydrogen-bond donors (Lipinski definition) is 0. The van der Waals surface area contributed by atoms with Crippen molar-refractivity contribution in [3.8, 4) is 0 Å². The van der Waals surface area contributed by atoms with E-state index in [1.54, 1.807) is 0 Å². The summed E-state index contributed by atoms with van der Waals surface area (Å²) < 4.78 is 5.02. The monoisotopic (exact) mass is 233 g/mol. The van der Waals surface area contributed by atoms with Crippen LogP contribution in [0.15, 0.2) is 18.2 Å². The third-order valence-corrected chi connectivity index (χ3v) is 3.02. The molecule has 92 valence electrons. The molecule has 0 atom stereocenters. The first-order valence-electron chi connectivity index (χ1n) is 6.31. The average Bonchev–Trinajstić information content (AvgIpc) is 2.71. The molecule has 0 aromatic heterocycles. The Balaban J connectivity index is 2.25. The summed E-state index contributed by atoms with van der Waals surface area (Å²) >= 11 is 0. The highest BCUT2D eigenvalue weighted by atomic mass is 16.5. The van der Waals surface area contributed by atoms with Gasteiger partial charge in [0.2, 0.25) is 0 Å². The molecule has 17 heavy (non-hydrogen) atoms. The quantitative estimate of drug-likeness (QED) is 0.732. The molecule has 2 rings (SSSR count). The van der Waals surface area contributed by atoms with Crippen LogP contribution in [0.4, 0.5) is 5.69 Å². The Hall–Kier alpha value is -1.51. The Morgan fingerprint density at radius 2 is 1.94 bits per heavy atom. The van der Waals surface area contributed by atoms with Crippen LogP contribution in [0.25, 0.3) is 0 Å². The number of rotatable bonds is 5. The second-order valence-corrected chi connectivity index (χ2v) is 4.40. The summed E-state index contributed by atoms with van der Waals surface area (Å²) in [6, 6.07) is 6.07. The highest BCUT2D eigenvalue weighted by Crippen LogP contribution is 2.25. The van der Waals surface area contributed by atoms with Gasteiger partial charge < -0.3 is 9.64 Å². The Morgan fingerprint density at radius 3 is 2.59 bits per heavy atom. The lowest BCUT2D eigenvalue weighted by molar-refractivity contribution is 0.0535. The third-order valence-electron chi connectivity index (χ3n) is 3.02. The van der Waals surface area contributed by atoms with Gasteiger partial charge in [-0.3, -0.25) is 0 Å². The molecule has 1 heterocycles. The fourth-order valence-electron chi connectivity index (χ4n) is 2.21. The summed E-state index contributed by atoms with van der Waals surface area (Å²) in [6.45, 7) is 6.83. The number of anilines is 1. The zero-order valence-corrected chi connectivity index (χ0v) is 10.5. The summed E-state index contributed by atoms with van der Waals surface area (Å²) in [6.07, 6.45) is 2.23. The minimum atomic E-state index is -0.185. The van der Waals surface area contributed by atoms with Gasteiger partial charge in [0, 0.05) is 24.3 Å². The number of cyclic esters (lactones) is 1.